The van der Waals surface area contributed by atoms with E-state index in [0.717, 1.165) is 24.3 Å². The van der Waals surface area contributed by atoms with Gasteiger partial charge in [-0.1, -0.05) is 6.07 Å². The first-order valence-corrected chi connectivity index (χ1v) is 6.50. The van der Waals surface area contributed by atoms with Gasteiger partial charge in [0.05, 0.1) is 6.42 Å². The Balaban J connectivity index is 1.97. The van der Waals surface area contributed by atoms with Gasteiger partial charge in [-0.25, -0.2) is 0 Å². The highest BCUT2D eigenvalue weighted by atomic mass is 16.2. The predicted molar refractivity (Wildman–Crippen MR) is 71.3 cm³/mol. The van der Waals surface area contributed by atoms with E-state index in [-0.39, 0.29) is 5.91 Å². The van der Waals surface area contributed by atoms with Crippen LogP contribution >= 0.6 is 0 Å². The lowest BCUT2D eigenvalue weighted by Crippen LogP contribution is -2.56. The van der Waals surface area contributed by atoms with Gasteiger partial charge in [-0.3, -0.25) is 9.78 Å². The van der Waals surface area contributed by atoms with Crippen LogP contribution in [-0.4, -0.2) is 41.0 Å². The number of pyridine rings is 1. The van der Waals surface area contributed by atoms with Gasteiger partial charge in [0.2, 0.25) is 5.91 Å². The van der Waals surface area contributed by atoms with Crippen LogP contribution in [0.25, 0.3) is 0 Å². The van der Waals surface area contributed by atoms with Crippen LogP contribution in [0, 0.1) is 6.92 Å². The highest BCUT2D eigenvalue weighted by molar-refractivity contribution is 5.78. The zero-order valence-corrected chi connectivity index (χ0v) is 11.3. The topological polar surface area (TPSA) is 45.2 Å². The second-order valence-electron chi connectivity index (χ2n) is 5.25. The summed E-state index contributed by atoms with van der Waals surface area (Å²) in [6.07, 6.45) is 2.25. The Hall–Kier alpha value is -1.42. The molecule has 0 aliphatic carbocycles. The number of aromatic nitrogens is 1. The highest BCUT2D eigenvalue weighted by Crippen LogP contribution is 2.08. The Kier molecular flexibility index (Phi) is 3.97. The number of carbonyl (C=O) groups excluding carboxylic acids is 1. The van der Waals surface area contributed by atoms with Crippen molar-refractivity contribution in [1.29, 1.82) is 0 Å². The van der Waals surface area contributed by atoms with E-state index in [0.29, 0.717) is 18.5 Å². The maximum Gasteiger partial charge on any atom is 0.227 e. The van der Waals surface area contributed by atoms with Crippen LogP contribution in [0.1, 0.15) is 25.1 Å². The highest BCUT2D eigenvalue weighted by Gasteiger charge is 2.24. The molecule has 0 bridgehead atoms. The molecule has 0 radical (unpaired) electrons. The first-order valence-electron chi connectivity index (χ1n) is 6.50. The fraction of sp³-hybridized carbons (Fsp3) is 0.571. The molecule has 2 atom stereocenters. The molecular weight excluding hydrogens is 226 g/mol. The molecule has 0 saturated carbocycles. The Labute approximate surface area is 108 Å². The molecule has 98 valence electrons. The van der Waals surface area contributed by atoms with Crippen LogP contribution in [0.15, 0.2) is 18.3 Å². The van der Waals surface area contributed by atoms with Crippen molar-refractivity contribution >= 4 is 5.91 Å². The molecular formula is C14H21N3O. The summed E-state index contributed by atoms with van der Waals surface area (Å²) in [5, 5.41) is 3.43. The molecule has 1 aromatic heterocycles. The maximum absolute atomic E-state index is 12.2. The van der Waals surface area contributed by atoms with Crippen LogP contribution in [0.3, 0.4) is 0 Å². The van der Waals surface area contributed by atoms with Crippen molar-refractivity contribution in [2.24, 2.45) is 0 Å². The van der Waals surface area contributed by atoms with Crippen LogP contribution in [-0.2, 0) is 11.2 Å². The van der Waals surface area contributed by atoms with Crippen molar-refractivity contribution in [1.82, 2.24) is 15.2 Å². The second kappa shape index (κ2) is 5.48. The van der Waals surface area contributed by atoms with Crippen LogP contribution in [0.4, 0.5) is 0 Å². The number of nitrogens with zero attached hydrogens (tertiary/aromatic N) is 2. The number of amides is 1. The summed E-state index contributed by atoms with van der Waals surface area (Å²) in [5.74, 6) is 0.195. The van der Waals surface area contributed by atoms with E-state index in [1.165, 1.54) is 0 Å². The number of aryl methyl sites for hydroxylation is 1. The Morgan fingerprint density at radius 2 is 2.06 bits per heavy atom. The largest absolute Gasteiger partial charge is 0.339 e. The van der Waals surface area contributed by atoms with Crippen LogP contribution < -0.4 is 5.32 Å². The van der Waals surface area contributed by atoms with Gasteiger partial charge in [0.1, 0.15) is 0 Å². The fourth-order valence-electron chi connectivity index (χ4n) is 2.42. The molecule has 4 nitrogen and oxygen atoms in total. The van der Waals surface area contributed by atoms with Crippen molar-refractivity contribution in [3.8, 4) is 0 Å². The molecule has 2 heterocycles. The zero-order chi connectivity index (χ0) is 13.1. The zero-order valence-electron chi connectivity index (χ0n) is 11.3. The minimum absolute atomic E-state index is 0.195. The SMILES string of the molecule is Cc1ccc(CC(=O)N2C[C@@H](C)N[C@@H](C)C2)cn1. The molecule has 4 heteroatoms. The van der Waals surface area contributed by atoms with E-state index in [1.807, 2.05) is 24.0 Å². The van der Waals surface area contributed by atoms with Gasteiger partial charge >= 0.3 is 0 Å². The van der Waals surface area contributed by atoms with E-state index in [1.54, 1.807) is 6.20 Å². The first-order chi connectivity index (χ1) is 8.54. The number of rotatable bonds is 2. The summed E-state index contributed by atoms with van der Waals surface area (Å²) in [6, 6.07) is 4.67. The smallest absolute Gasteiger partial charge is 0.227 e. The molecule has 18 heavy (non-hydrogen) atoms. The van der Waals surface area contributed by atoms with Gasteiger partial charge in [0.25, 0.3) is 0 Å². The lowest BCUT2D eigenvalue weighted by Gasteiger charge is -2.36. The third-order valence-corrected chi connectivity index (χ3v) is 3.24. The maximum atomic E-state index is 12.2. The number of piperazine rings is 1. The molecule has 1 saturated heterocycles. The van der Waals surface area contributed by atoms with E-state index in [2.05, 4.69) is 24.1 Å². The monoisotopic (exact) mass is 247 g/mol. The quantitative estimate of drug-likeness (QED) is 0.852. The fourth-order valence-corrected chi connectivity index (χ4v) is 2.42. The molecule has 1 aromatic rings. The second-order valence-corrected chi connectivity index (χ2v) is 5.25. The van der Waals surface area contributed by atoms with Crippen molar-refractivity contribution in [2.75, 3.05) is 13.1 Å². The Morgan fingerprint density at radius 3 is 2.61 bits per heavy atom. The Bertz CT molecular complexity index is 406. The van der Waals surface area contributed by atoms with E-state index in [9.17, 15) is 4.79 Å². The first kappa shape index (κ1) is 13.0. The summed E-state index contributed by atoms with van der Waals surface area (Å²) in [6.45, 7) is 7.77. The van der Waals surface area contributed by atoms with E-state index < -0.39 is 0 Å². The van der Waals surface area contributed by atoms with Gasteiger partial charge in [-0.05, 0) is 32.4 Å². The lowest BCUT2D eigenvalue weighted by molar-refractivity contribution is -0.132. The molecule has 1 aliphatic rings. The molecule has 1 aliphatic heterocycles. The van der Waals surface area contributed by atoms with Crippen molar-refractivity contribution in [3.63, 3.8) is 0 Å². The summed E-state index contributed by atoms with van der Waals surface area (Å²) < 4.78 is 0. The number of hydrogen-bond acceptors (Lipinski definition) is 3. The van der Waals surface area contributed by atoms with Crippen molar-refractivity contribution in [3.05, 3.63) is 29.6 Å². The van der Waals surface area contributed by atoms with Crippen molar-refractivity contribution in [2.45, 2.75) is 39.3 Å². The van der Waals surface area contributed by atoms with Crippen LogP contribution in [0.5, 0.6) is 0 Å². The predicted octanol–water partition coefficient (Wildman–Crippen LogP) is 1.14. The lowest BCUT2D eigenvalue weighted by atomic mass is 10.1. The molecule has 0 spiro atoms. The van der Waals surface area contributed by atoms with Gasteiger partial charge in [-0.2, -0.15) is 0 Å². The Morgan fingerprint density at radius 1 is 1.39 bits per heavy atom. The molecule has 1 fully saturated rings. The minimum atomic E-state index is 0.195. The molecule has 2 rings (SSSR count). The van der Waals surface area contributed by atoms with E-state index in [4.69, 9.17) is 0 Å². The summed E-state index contributed by atoms with van der Waals surface area (Å²) in [7, 11) is 0. The molecule has 1 amide bonds. The summed E-state index contributed by atoms with van der Waals surface area (Å²) >= 11 is 0. The summed E-state index contributed by atoms with van der Waals surface area (Å²) in [5.41, 5.74) is 1.97. The number of carbonyl (C=O) groups is 1. The minimum Gasteiger partial charge on any atom is -0.339 e. The van der Waals surface area contributed by atoms with Gasteiger partial charge in [0, 0.05) is 37.1 Å². The normalized spacial score (nSPS) is 24.1. The average molecular weight is 247 g/mol. The van der Waals surface area contributed by atoms with Gasteiger partial charge in [0.15, 0.2) is 0 Å². The summed E-state index contributed by atoms with van der Waals surface area (Å²) in [4.78, 5) is 18.4. The van der Waals surface area contributed by atoms with Crippen molar-refractivity contribution < 1.29 is 4.79 Å². The van der Waals surface area contributed by atoms with Crippen LogP contribution in [0.2, 0.25) is 0 Å². The van der Waals surface area contributed by atoms with Gasteiger partial charge in [-0.15, -0.1) is 0 Å². The average Bonchev–Trinajstić information content (AvgIpc) is 2.31. The molecule has 0 unspecified atom stereocenters. The third-order valence-electron chi connectivity index (χ3n) is 3.24. The number of nitrogens with one attached hydrogen (secondary N) is 1. The molecule has 0 aromatic carbocycles. The third kappa shape index (κ3) is 3.29. The molecule has 1 N–H and O–H groups in total. The van der Waals surface area contributed by atoms with E-state index >= 15 is 0 Å². The van der Waals surface area contributed by atoms with Gasteiger partial charge < -0.3 is 10.2 Å². The standard InChI is InChI=1S/C14H21N3O/c1-10-4-5-13(7-15-10)6-14(18)17-8-11(2)16-12(3)9-17/h4-5,7,11-12,16H,6,8-9H2,1-3H3/t11-,12+. The number of hydrogen-bond donors (Lipinski definition) is 1.